The lowest BCUT2D eigenvalue weighted by Crippen LogP contribution is -2.27. The van der Waals surface area contributed by atoms with Gasteiger partial charge in [0, 0.05) is 17.3 Å². The summed E-state index contributed by atoms with van der Waals surface area (Å²) in [5.74, 6) is 1.14. The molecule has 0 aliphatic carbocycles. The maximum absolute atomic E-state index is 12.0. The summed E-state index contributed by atoms with van der Waals surface area (Å²) in [5, 5.41) is 6.57. The van der Waals surface area contributed by atoms with E-state index < -0.39 is 0 Å². The molecule has 2 N–H and O–H groups in total. The van der Waals surface area contributed by atoms with Crippen molar-refractivity contribution in [1.29, 1.82) is 0 Å². The van der Waals surface area contributed by atoms with Crippen LogP contribution in [0.25, 0.3) is 0 Å². The molecule has 1 aromatic carbocycles. The highest BCUT2D eigenvalue weighted by molar-refractivity contribution is 6.32. The number of hydrogen-bond acceptors (Lipinski definition) is 3. The van der Waals surface area contributed by atoms with E-state index in [2.05, 4.69) is 24.5 Å². The van der Waals surface area contributed by atoms with Gasteiger partial charge >= 0.3 is 0 Å². The van der Waals surface area contributed by atoms with Crippen LogP contribution < -0.4 is 15.4 Å². The summed E-state index contributed by atoms with van der Waals surface area (Å²) in [6, 6.07) is 3.31. The second-order valence-electron chi connectivity index (χ2n) is 5.91. The summed E-state index contributed by atoms with van der Waals surface area (Å²) < 4.78 is 5.91. The van der Waals surface area contributed by atoms with Crippen LogP contribution in [0.4, 0.5) is 5.69 Å². The number of ether oxygens (including phenoxy) is 1. The van der Waals surface area contributed by atoms with E-state index in [0.29, 0.717) is 16.7 Å². The maximum atomic E-state index is 12.0. The molecule has 1 amide bonds. The zero-order valence-corrected chi connectivity index (χ0v) is 13.8. The van der Waals surface area contributed by atoms with Crippen molar-refractivity contribution in [1.82, 2.24) is 5.32 Å². The number of nitrogens with one attached hydrogen (secondary N) is 2. The van der Waals surface area contributed by atoms with Crippen LogP contribution in [0.15, 0.2) is 12.1 Å². The largest absolute Gasteiger partial charge is 0.489 e. The van der Waals surface area contributed by atoms with Crippen molar-refractivity contribution < 1.29 is 9.53 Å². The monoisotopic (exact) mass is 310 g/mol. The van der Waals surface area contributed by atoms with Crippen LogP contribution in [-0.2, 0) is 4.79 Å². The number of carbonyl (C=O) groups is 1. The SMILES string of the molecule is CCNC1C(=O)Nc2cc(OC(C)CC(C)C)c(Cl)cc21. The van der Waals surface area contributed by atoms with Gasteiger partial charge in [-0.1, -0.05) is 32.4 Å². The highest BCUT2D eigenvalue weighted by Gasteiger charge is 2.31. The first kappa shape index (κ1) is 16.1. The highest BCUT2D eigenvalue weighted by Crippen LogP contribution is 2.39. The van der Waals surface area contributed by atoms with Gasteiger partial charge in [0.15, 0.2) is 0 Å². The zero-order chi connectivity index (χ0) is 15.6. The van der Waals surface area contributed by atoms with Gasteiger partial charge in [0.05, 0.1) is 11.1 Å². The van der Waals surface area contributed by atoms with Crippen LogP contribution in [0.5, 0.6) is 5.75 Å². The van der Waals surface area contributed by atoms with Crippen molar-refractivity contribution in [3.8, 4) is 5.75 Å². The molecular formula is C16H23ClN2O2. The van der Waals surface area contributed by atoms with Gasteiger partial charge in [-0.15, -0.1) is 0 Å². The van der Waals surface area contributed by atoms with Crippen molar-refractivity contribution in [3.05, 3.63) is 22.7 Å². The Hall–Kier alpha value is -1.26. The van der Waals surface area contributed by atoms with Crippen LogP contribution >= 0.6 is 11.6 Å². The van der Waals surface area contributed by atoms with Crippen LogP contribution in [0, 0.1) is 5.92 Å². The lowest BCUT2D eigenvalue weighted by molar-refractivity contribution is -0.117. The van der Waals surface area contributed by atoms with E-state index in [0.717, 1.165) is 24.2 Å². The Kier molecular flexibility index (Phi) is 5.12. The molecule has 5 heteroatoms. The van der Waals surface area contributed by atoms with Gasteiger partial charge in [0.1, 0.15) is 11.8 Å². The van der Waals surface area contributed by atoms with E-state index in [4.69, 9.17) is 16.3 Å². The number of halogens is 1. The van der Waals surface area contributed by atoms with Crippen LogP contribution in [0.1, 0.15) is 45.7 Å². The molecule has 21 heavy (non-hydrogen) atoms. The molecule has 4 nitrogen and oxygen atoms in total. The van der Waals surface area contributed by atoms with Crippen LogP contribution in [0.2, 0.25) is 5.02 Å². The van der Waals surface area contributed by atoms with Gasteiger partial charge in [0.2, 0.25) is 5.91 Å². The summed E-state index contributed by atoms with van der Waals surface area (Å²) in [7, 11) is 0. The molecule has 2 unspecified atom stereocenters. The molecule has 1 aliphatic rings. The Balaban J connectivity index is 2.21. The molecule has 0 saturated carbocycles. The molecule has 0 aromatic heterocycles. The number of hydrogen-bond donors (Lipinski definition) is 2. The Bertz CT molecular complexity index is 531. The quantitative estimate of drug-likeness (QED) is 0.841. The van der Waals surface area contributed by atoms with E-state index in [1.807, 2.05) is 26.0 Å². The molecule has 1 aromatic rings. The fraction of sp³-hybridized carbons (Fsp3) is 0.562. The van der Waals surface area contributed by atoms with E-state index in [9.17, 15) is 4.79 Å². The Morgan fingerprint density at radius 3 is 2.71 bits per heavy atom. The average molecular weight is 311 g/mol. The smallest absolute Gasteiger partial charge is 0.246 e. The number of rotatable bonds is 6. The van der Waals surface area contributed by atoms with Crippen molar-refractivity contribution in [3.63, 3.8) is 0 Å². The normalized spacial score (nSPS) is 18.6. The predicted octanol–water partition coefficient (Wildman–Crippen LogP) is 3.76. The molecule has 2 atom stereocenters. The molecular weight excluding hydrogens is 288 g/mol. The first-order chi connectivity index (χ1) is 9.92. The third-order valence-electron chi connectivity index (χ3n) is 3.47. The summed E-state index contributed by atoms with van der Waals surface area (Å²) in [6.45, 7) is 9.04. The maximum Gasteiger partial charge on any atom is 0.246 e. The third-order valence-corrected chi connectivity index (χ3v) is 3.77. The van der Waals surface area contributed by atoms with E-state index >= 15 is 0 Å². The first-order valence-electron chi connectivity index (χ1n) is 7.46. The molecule has 0 bridgehead atoms. The number of fused-ring (bicyclic) bond motifs is 1. The van der Waals surface area contributed by atoms with Crippen molar-refractivity contribution >= 4 is 23.2 Å². The molecule has 0 radical (unpaired) electrons. The van der Waals surface area contributed by atoms with Gasteiger partial charge in [-0.3, -0.25) is 4.79 Å². The van der Waals surface area contributed by atoms with Gasteiger partial charge in [0.25, 0.3) is 0 Å². The number of anilines is 1. The van der Waals surface area contributed by atoms with Crippen molar-refractivity contribution in [2.45, 2.75) is 46.3 Å². The Morgan fingerprint density at radius 1 is 1.38 bits per heavy atom. The fourth-order valence-corrected chi connectivity index (χ4v) is 2.90. The molecule has 116 valence electrons. The Labute approximate surface area is 131 Å². The summed E-state index contributed by atoms with van der Waals surface area (Å²) in [6.07, 6.45) is 1.04. The summed E-state index contributed by atoms with van der Waals surface area (Å²) >= 11 is 6.31. The Morgan fingerprint density at radius 2 is 2.10 bits per heavy atom. The van der Waals surface area contributed by atoms with Crippen molar-refractivity contribution in [2.75, 3.05) is 11.9 Å². The molecule has 1 aliphatic heterocycles. The molecule has 0 saturated heterocycles. The second kappa shape index (κ2) is 6.67. The van der Waals surface area contributed by atoms with E-state index in [1.54, 1.807) is 0 Å². The van der Waals surface area contributed by atoms with Gasteiger partial charge < -0.3 is 15.4 Å². The van der Waals surface area contributed by atoms with Crippen LogP contribution in [0.3, 0.4) is 0 Å². The van der Waals surface area contributed by atoms with E-state index in [1.165, 1.54) is 0 Å². The van der Waals surface area contributed by atoms with Crippen LogP contribution in [-0.4, -0.2) is 18.6 Å². The van der Waals surface area contributed by atoms with E-state index in [-0.39, 0.29) is 18.1 Å². The molecule has 0 spiro atoms. The minimum atomic E-state index is -0.329. The first-order valence-corrected chi connectivity index (χ1v) is 7.84. The second-order valence-corrected chi connectivity index (χ2v) is 6.32. The number of likely N-dealkylation sites (N-methyl/N-ethyl adjacent to an activating group) is 1. The lowest BCUT2D eigenvalue weighted by atomic mass is 10.1. The standard InChI is InChI=1S/C16H23ClN2O2/c1-5-18-15-11-7-12(17)14(8-13(11)19-16(15)20)21-10(4)6-9(2)3/h7-10,15,18H,5-6H2,1-4H3,(H,19,20). The van der Waals surface area contributed by atoms with Gasteiger partial charge in [-0.25, -0.2) is 0 Å². The minimum absolute atomic E-state index is 0.0460. The third kappa shape index (κ3) is 3.69. The summed E-state index contributed by atoms with van der Waals surface area (Å²) in [5.41, 5.74) is 1.66. The van der Waals surface area contributed by atoms with Gasteiger partial charge in [-0.2, -0.15) is 0 Å². The summed E-state index contributed by atoms with van der Waals surface area (Å²) in [4.78, 5) is 12.0. The number of benzene rings is 1. The fourth-order valence-electron chi connectivity index (χ4n) is 2.69. The number of carbonyl (C=O) groups excluding carboxylic acids is 1. The lowest BCUT2D eigenvalue weighted by Gasteiger charge is -2.18. The average Bonchev–Trinajstić information content (AvgIpc) is 2.66. The zero-order valence-electron chi connectivity index (χ0n) is 13.0. The molecule has 0 fully saturated rings. The minimum Gasteiger partial charge on any atom is -0.489 e. The van der Waals surface area contributed by atoms with Gasteiger partial charge in [-0.05, 0) is 31.9 Å². The van der Waals surface area contributed by atoms with Crippen molar-refractivity contribution in [2.24, 2.45) is 5.92 Å². The highest BCUT2D eigenvalue weighted by atomic mass is 35.5. The topological polar surface area (TPSA) is 50.4 Å². The number of amides is 1. The molecule has 1 heterocycles. The molecule has 2 rings (SSSR count). The predicted molar refractivity (Wildman–Crippen MR) is 86.0 cm³/mol.